The van der Waals surface area contributed by atoms with Crippen LogP contribution in [0.5, 0.6) is 0 Å². The van der Waals surface area contributed by atoms with Gasteiger partial charge in [0.2, 0.25) is 5.91 Å². The maximum absolute atomic E-state index is 11.9. The molecule has 2 N–H and O–H groups in total. The van der Waals surface area contributed by atoms with Crippen molar-refractivity contribution in [2.24, 2.45) is 0 Å². The van der Waals surface area contributed by atoms with Crippen LogP contribution in [-0.2, 0) is 22.7 Å². The van der Waals surface area contributed by atoms with Crippen LogP contribution in [0.1, 0.15) is 30.4 Å². The summed E-state index contributed by atoms with van der Waals surface area (Å²) in [6.07, 6.45) is 2.84. The highest BCUT2D eigenvalue weighted by molar-refractivity contribution is 5.91. The second-order valence-corrected chi connectivity index (χ2v) is 5.02. The molecule has 1 aromatic rings. The lowest BCUT2D eigenvalue weighted by Crippen LogP contribution is -2.27. The van der Waals surface area contributed by atoms with Gasteiger partial charge in [0.1, 0.15) is 0 Å². The van der Waals surface area contributed by atoms with E-state index in [2.05, 4.69) is 10.6 Å². The highest BCUT2D eigenvalue weighted by atomic mass is 16.5. The Morgan fingerprint density at radius 2 is 2.28 bits per heavy atom. The van der Waals surface area contributed by atoms with Crippen molar-refractivity contribution in [3.05, 3.63) is 29.3 Å². The fourth-order valence-electron chi connectivity index (χ4n) is 2.62. The number of nitrogens with one attached hydrogen (secondary N) is 2. The van der Waals surface area contributed by atoms with E-state index in [-0.39, 0.29) is 5.91 Å². The van der Waals surface area contributed by atoms with Crippen molar-refractivity contribution in [1.82, 2.24) is 5.32 Å². The normalized spacial score (nSPS) is 21.9. The minimum atomic E-state index is 0.0910. The molecule has 1 aromatic carbocycles. The first-order chi connectivity index (χ1) is 8.81. The molecule has 1 amide bonds. The maximum Gasteiger partial charge on any atom is 0.225 e. The van der Waals surface area contributed by atoms with Crippen LogP contribution in [0, 0.1) is 0 Å². The molecule has 1 unspecified atom stereocenters. The molecule has 0 radical (unpaired) electrons. The van der Waals surface area contributed by atoms with Crippen LogP contribution in [0.4, 0.5) is 5.69 Å². The highest BCUT2D eigenvalue weighted by Crippen LogP contribution is 2.23. The van der Waals surface area contributed by atoms with Crippen molar-refractivity contribution < 1.29 is 9.53 Å². The molecule has 2 aliphatic heterocycles. The molecule has 0 aliphatic carbocycles. The lowest BCUT2D eigenvalue weighted by molar-refractivity contribution is -0.116. The number of rotatable bonds is 3. The van der Waals surface area contributed by atoms with Gasteiger partial charge in [-0.1, -0.05) is 6.07 Å². The first-order valence-electron chi connectivity index (χ1n) is 6.54. The summed E-state index contributed by atoms with van der Waals surface area (Å²) in [7, 11) is 0. The molecule has 0 bridgehead atoms. The third-order valence-electron chi connectivity index (χ3n) is 3.60. The van der Waals surface area contributed by atoms with Crippen molar-refractivity contribution in [2.45, 2.75) is 38.5 Å². The van der Waals surface area contributed by atoms with E-state index < -0.39 is 0 Å². The number of hydrogen-bond acceptors (Lipinski definition) is 3. The number of ether oxygens (including phenoxy) is 1. The van der Waals surface area contributed by atoms with E-state index in [9.17, 15) is 4.79 Å². The van der Waals surface area contributed by atoms with Gasteiger partial charge in [-0.3, -0.25) is 4.79 Å². The molecule has 96 valence electrons. The van der Waals surface area contributed by atoms with Crippen molar-refractivity contribution in [2.75, 3.05) is 11.9 Å². The molecule has 1 fully saturated rings. The van der Waals surface area contributed by atoms with Crippen LogP contribution in [0.25, 0.3) is 0 Å². The minimum Gasteiger partial charge on any atom is -0.372 e. The van der Waals surface area contributed by atoms with Gasteiger partial charge in [0.25, 0.3) is 0 Å². The van der Waals surface area contributed by atoms with Crippen LogP contribution in [0.15, 0.2) is 18.2 Å². The molecule has 2 heterocycles. The van der Waals surface area contributed by atoms with Gasteiger partial charge in [-0.05, 0) is 42.6 Å². The van der Waals surface area contributed by atoms with Gasteiger partial charge in [-0.25, -0.2) is 0 Å². The summed E-state index contributed by atoms with van der Waals surface area (Å²) in [6, 6.07) is 6.35. The molecule has 3 rings (SSSR count). The van der Waals surface area contributed by atoms with E-state index in [0.717, 1.165) is 18.7 Å². The number of carbonyl (C=O) groups excluding carboxylic acids is 1. The fourth-order valence-corrected chi connectivity index (χ4v) is 2.62. The number of fused-ring (bicyclic) bond motifs is 1. The zero-order chi connectivity index (χ0) is 12.4. The van der Waals surface area contributed by atoms with Crippen LogP contribution >= 0.6 is 0 Å². The smallest absolute Gasteiger partial charge is 0.225 e. The summed E-state index contributed by atoms with van der Waals surface area (Å²) in [5.41, 5.74) is 3.29. The third-order valence-corrected chi connectivity index (χ3v) is 3.60. The lowest BCUT2D eigenvalue weighted by Gasteiger charge is -2.11. The lowest BCUT2D eigenvalue weighted by atomic mass is 10.1. The Kier molecular flexibility index (Phi) is 3.30. The maximum atomic E-state index is 11.9. The van der Waals surface area contributed by atoms with Gasteiger partial charge in [0.05, 0.1) is 13.2 Å². The Morgan fingerprint density at radius 3 is 3.11 bits per heavy atom. The molecular formula is C14H18N2O2. The standard InChI is InChI=1S/C14H18N2O2/c17-14(7-12-2-1-5-15-12)16-13-4-3-10-8-18-9-11(10)6-13/h3-4,6,12,15H,1-2,5,7-9H2,(H,16,17). The van der Waals surface area contributed by atoms with E-state index in [1.165, 1.54) is 17.5 Å². The predicted molar refractivity (Wildman–Crippen MR) is 69.2 cm³/mol. The number of amides is 1. The highest BCUT2D eigenvalue weighted by Gasteiger charge is 2.18. The zero-order valence-corrected chi connectivity index (χ0v) is 10.4. The van der Waals surface area contributed by atoms with E-state index >= 15 is 0 Å². The summed E-state index contributed by atoms with van der Waals surface area (Å²) < 4.78 is 5.36. The van der Waals surface area contributed by atoms with Gasteiger partial charge >= 0.3 is 0 Å². The molecule has 0 saturated carbocycles. The molecular weight excluding hydrogens is 228 g/mol. The predicted octanol–water partition coefficient (Wildman–Crippen LogP) is 1.80. The SMILES string of the molecule is O=C(CC1CCCN1)Nc1ccc2c(c1)COC2. The van der Waals surface area contributed by atoms with E-state index in [4.69, 9.17) is 4.74 Å². The number of anilines is 1. The number of benzene rings is 1. The Morgan fingerprint density at radius 1 is 1.39 bits per heavy atom. The average Bonchev–Trinajstić information content (AvgIpc) is 2.98. The minimum absolute atomic E-state index is 0.0910. The second kappa shape index (κ2) is 5.08. The Hall–Kier alpha value is -1.39. The van der Waals surface area contributed by atoms with E-state index in [1.807, 2.05) is 18.2 Å². The summed E-state index contributed by atoms with van der Waals surface area (Å²) in [4.78, 5) is 11.9. The number of carbonyl (C=O) groups is 1. The first-order valence-corrected chi connectivity index (χ1v) is 6.54. The number of hydrogen-bond donors (Lipinski definition) is 2. The van der Waals surface area contributed by atoms with Crippen LogP contribution in [0.3, 0.4) is 0 Å². The zero-order valence-electron chi connectivity index (χ0n) is 10.4. The quantitative estimate of drug-likeness (QED) is 0.855. The Labute approximate surface area is 107 Å². The van der Waals surface area contributed by atoms with Crippen molar-refractivity contribution in [3.63, 3.8) is 0 Å². The van der Waals surface area contributed by atoms with Gasteiger partial charge in [0.15, 0.2) is 0 Å². The Bertz CT molecular complexity index is 453. The van der Waals surface area contributed by atoms with Crippen LogP contribution < -0.4 is 10.6 Å². The largest absolute Gasteiger partial charge is 0.372 e. The molecule has 1 atom stereocenters. The molecule has 4 heteroatoms. The first kappa shape index (κ1) is 11.7. The van der Waals surface area contributed by atoms with Crippen molar-refractivity contribution in [1.29, 1.82) is 0 Å². The Balaban J connectivity index is 1.60. The van der Waals surface area contributed by atoms with Gasteiger partial charge < -0.3 is 15.4 Å². The van der Waals surface area contributed by atoms with Crippen molar-refractivity contribution in [3.8, 4) is 0 Å². The van der Waals surface area contributed by atoms with E-state index in [1.54, 1.807) is 0 Å². The third kappa shape index (κ3) is 2.54. The second-order valence-electron chi connectivity index (χ2n) is 5.02. The molecule has 2 aliphatic rings. The summed E-state index contributed by atoms with van der Waals surface area (Å²) in [5, 5.41) is 6.30. The van der Waals surface area contributed by atoms with Gasteiger partial charge in [0, 0.05) is 18.2 Å². The van der Waals surface area contributed by atoms with E-state index in [0.29, 0.717) is 25.7 Å². The average molecular weight is 246 g/mol. The topological polar surface area (TPSA) is 50.4 Å². The molecule has 0 aromatic heterocycles. The monoisotopic (exact) mass is 246 g/mol. The molecule has 0 spiro atoms. The fraction of sp³-hybridized carbons (Fsp3) is 0.500. The van der Waals surface area contributed by atoms with Gasteiger partial charge in [-0.15, -0.1) is 0 Å². The summed E-state index contributed by atoms with van der Waals surface area (Å²) >= 11 is 0. The molecule has 18 heavy (non-hydrogen) atoms. The molecule has 1 saturated heterocycles. The van der Waals surface area contributed by atoms with Gasteiger partial charge in [-0.2, -0.15) is 0 Å². The summed E-state index contributed by atoms with van der Waals surface area (Å²) in [5.74, 6) is 0.0910. The summed E-state index contributed by atoms with van der Waals surface area (Å²) in [6.45, 7) is 2.38. The molecule has 4 nitrogen and oxygen atoms in total. The van der Waals surface area contributed by atoms with Crippen LogP contribution in [-0.4, -0.2) is 18.5 Å². The van der Waals surface area contributed by atoms with Crippen LogP contribution in [0.2, 0.25) is 0 Å². The van der Waals surface area contributed by atoms with Crippen molar-refractivity contribution >= 4 is 11.6 Å².